The largest absolute Gasteiger partial charge is 0.508 e. The predicted molar refractivity (Wildman–Crippen MR) is 210 cm³/mol. The third-order valence-corrected chi connectivity index (χ3v) is 11.6. The number of Topliss-reactive ketones (excluding diaryl/α,β-unsaturated/α-hetero) is 1. The van der Waals surface area contributed by atoms with E-state index in [9.17, 15) is 14.7 Å². The molecule has 276 valence electrons. The SMILES string of the molecule is CCC(C)/C(=C(/CC(C)(C)CC)c1cc(-c2cc(O)cc(CC(NC(=O)C(C)C3CCCC3)C(C)=O)c2)ccc1C)c1cccnc1C(C)OC. The van der Waals surface area contributed by atoms with Crippen LogP contribution in [-0.4, -0.2) is 34.9 Å². The second-order valence-corrected chi connectivity index (χ2v) is 15.8. The zero-order chi connectivity index (χ0) is 37.5. The fourth-order valence-electron chi connectivity index (χ4n) is 7.54. The van der Waals surface area contributed by atoms with E-state index < -0.39 is 6.04 Å². The lowest BCUT2D eigenvalue weighted by atomic mass is 9.74. The predicted octanol–water partition coefficient (Wildman–Crippen LogP) is 10.7. The van der Waals surface area contributed by atoms with Gasteiger partial charge in [0.1, 0.15) is 5.75 Å². The van der Waals surface area contributed by atoms with Crippen LogP contribution >= 0.6 is 0 Å². The number of carbonyl (C=O) groups is 2. The third kappa shape index (κ3) is 9.97. The van der Waals surface area contributed by atoms with Gasteiger partial charge in [-0.3, -0.25) is 14.6 Å². The van der Waals surface area contributed by atoms with Gasteiger partial charge in [-0.25, -0.2) is 0 Å². The molecule has 0 spiro atoms. The first-order valence-electron chi connectivity index (χ1n) is 19.2. The lowest BCUT2D eigenvalue weighted by molar-refractivity contribution is -0.130. The number of ether oxygens (including phenoxy) is 1. The monoisotopic (exact) mass is 694 g/mol. The van der Waals surface area contributed by atoms with Crippen molar-refractivity contribution in [3.8, 4) is 16.9 Å². The van der Waals surface area contributed by atoms with Gasteiger partial charge < -0.3 is 15.2 Å². The van der Waals surface area contributed by atoms with Crippen LogP contribution in [0.3, 0.4) is 0 Å². The van der Waals surface area contributed by atoms with E-state index in [1.54, 1.807) is 19.2 Å². The molecule has 1 amide bonds. The Balaban J connectivity index is 1.82. The number of aryl methyl sites for hydroxylation is 1. The number of pyridine rings is 1. The Labute approximate surface area is 307 Å². The number of hydrogen-bond donors (Lipinski definition) is 2. The van der Waals surface area contributed by atoms with Crippen molar-refractivity contribution in [3.63, 3.8) is 0 Å². The summed E-state index contributed by atoms with van der Waals surface area (Å²) < 4.78 is 5.82. The number of aromatic nitrogens is 1. The first kappa shape index (κ1) is 40.0. The minimum atomic E-state index is -0.656. The van der Waals surface area contributed by atoms with Crippen LogP contribution in [0, 0.1) is 30.1 Å². The number of amides is 1. The van der Waals surface area contributed by atoms with Crippen molar-refractivity contribution in [2.75, 3.05) is 7.11 Å². The maximum absolute atomic E-state index is 13.2. The highest BCUT2D eigenvalue weighted by molar-refractivity contribution is 5.94. The lowest BCUT2D eigenvalue weighted by Gasteiger charge is -2.31. The smallest absolute Gasteiger partial charge is 0.223 e. The molecule has 1 fully saturated rings. The summed E-state index contributed by atoms with van der Waals surface area (Å²) in [5.41, 5.74) is 9.76. The summed E-state index contributed by atoms with van der Waals surface area (Å²) in [6, 6.07) is 15.6. The van der Waals surface area contributed by atoms with Crippen molar-refractivity contribution in [1.82, 2.24) is 10.3 Å². The van der Waals surface area contributed by atoms with Gasteiger partial charge in [0.05, 0.1) is 17.8 Å². The van der Waals surface area contributed by atoms with Gasteiger partial charge in [0.25, 0.3) is 0 Å². The van der Waals surface area contributed by atoms with E-state index in [2.05, 4.69) is 78.0 Å². The van der Waals surface area contributed by atoms with Crippen LogP contribution in [0.4, 0.5) is 0 Å². The Morgan fingerprint density at radius 2 is 1.71 bits per heavy atom. The van der Waals surface area contributed by atoms with Crippen molar-refractivity contribution >= 4 is 22.8 Å². The molecular weight excluding hydrogens is 633 g/mol. The number of phenols is 1. The first-order valence-corrected chi connectivity index (χ1v) is 19.2. The van der Waals surface area contributed by atoms with Crippen LogP contribution in [0.2, 0.25) is 0 Å². The van der Waals surface area contributed by atoms with Crippen LogP contribution < -0.4 is 5.32 Å². The van der Waals surface area contributed by atoms with Crippen molar-refractivity contribution in [2.45, 2.75) is 126 Å². The molecule has 1 heterocycles. The van der Waals surface area contributed by atoms with Crippen LogP contribution in [0.5, 0.6) is 5.75 Å². The Bertz CT molecular complexity index is 1700. The van der Waals surface area contributed by atoms with Crippen molar-refractivity contribution in [3.05, 3.63) is 82.7 Å². The number of aromatic hydroxyl groups is 1. The molecule has 2 N–H and O–H groups in total. The first-order chi connectivity index (χ1) is 24.2. The van der Waals surface area contributed by atoms with Crippen molar-refractivity contribution in [2.24, 2.45) is 23.2 Å². The molecule has 1 aliphatic rings. The highest BCUT2D eigenvalue weighted by atomic mass is 16.5. The molecule has 1 saturated carbocycles. The number of phenolic OH excluding ortho intramolecular Hbond substituents is 1. The fraction of sp³-hybridized carbons (Fsp3) is 0.533. The number of benzene rings is 2. The van der Waals surface area contributed by atoms with Crippen molar-refractivity contribution < 1.29 is 19.4 Å². The fourth-order valence-corrected chi connectivity index (χ4v) is 7.54. The molecule has 6 heteroatoms. The summed E-state index contributed by atoms with van der Waals surface area (Å²) in [5.74, 6) is 0.499. The molecule has 3 aromatic rings. The molecular formula is C45H62N2O4. The molecule has 2 aromatic carbocycles. The molecule has 0 aliphatic heterocycles. The number of carbonyl (C=O) groups excluding carboxylic acids is 2. The van der Waals surface area contributed by atoms with E-state index in [1.165, 1.54) is 29.2 Å². The van der Waals surface area contributed by atoms with Gasteiger partial charge in [-0.15, -0.1) is 0 Å². The third-order valence-electron chi connectivity index (χ3n) is 11.6. The second kappa shape index (κ2) is 17.6. The lowest BCUT2D eigenvalue weighted by Crippen LogP contribution is -2.44. The average Bonchev–Trinajstić information content (AvgIpc) is 3.65. The Morgan fingerprint density at radius 3 is 2.33 bits per heavy atom. The highest BCUT2D eigenvalue weighted by Gasteiger charge is 2.30. The maximum Gasteiger partial charge on any atom is 0.223 e. The number of rotatable bonds is 16. The number of methoxy groups -OCH3 is 1. The number of nitrogens with zero attached hydrogens (tertiary/aromatic N) is 1. The zero-order valence-electron chi connectivity index (χ0n) is 32.9. The van der Waals surface area contributed by atoms with Gasteiger partial charge in [0.15, 0.2) is 5.78 Å². The molecule has 0 radical (unpaired) electrons. The minimum Gasteiger partial charge on any atom is -0.508 e. The van der Waals surface area contributed by atoms with Gasteiger partial charge in [0, 0.05) is 24.8 Å². The Hall–Kier alpha value is -3.77. The van der Waals surface area contributed by atoms with Crippen LogP contribution in [0.15, 0.2) is 54.7 Å². The number of ketones is 1. The van der Waals surface area contributed by atoms with Gasteiger partial charge >= 0.3 is 0 Å². The normalized spacial score (nSPS) is 16.7. The molecule has 1 aromatic heterocycles. The summed E-state index contributed by atoms with van der Waals surface area (Å²) in [4.78, 5) is 30.9. The summed E-state index contributed by atoms with van der Waals surface area (Å²) in [5, 5.41) is 14.0. The van der Waals surface area contributed by atoms with Gasteiger partial charge in [-0.2, -0.15) is 0 Å². The van der Waals surface area contributed by atoms with Gasteiger partial charge in [-0.1, -0.05) is 85.1 Å². The summed E-state index contributed by atoms with van der Waals surface area (Å²) in [6.07, 6.45) is 9.34. The van der Waals surface area contributed by atoms with Crippen LogP contribution in [0.1, 0.15) is 134 Å². The molecule has 4 atom stereocenters. The summed E-state index contributed by atoms with van der Waals surface area (Å²) in [6.45, 7) is 19.2. The highest BCUT2D eigenvalue weighted by Crippen LogP contribution is 2.45. The number of allylic oxidation sites excluding steroid dienone is 2. The molecule has 51 heavy (non-hydrogen) atoms. The standard InChI is InChI=1S/C45H62N2O4/c1-11-28(3)42(38-18-15-21-46-43(38)32(7)51-10)40(27-45(8,9)12-2)39-26-35(20-19-29(39)4)36-22-33(23-37(49)25-36)24-41(31(6)48)47-44(50)30(5)34-16-13-14-17-34/h15,18-23,25-26,28,30,32,34,41,49H,11-14,16-17,24,27H2,1-10H3,(H,47,50)/b42-40+. The molecule has 6 nitrogen and oxygen atoms in total. The summed E-state index contributed by atoms with van der Waals surface area (Å²) in [7, 11) is 1.73. The molecule has 0 saturated heterocycles. The topological polar surface area (TPSA) is 88.5 Å². The average molecular weight is 695 g/mol. The van der Waals surface area contributed by atoms with E-state index in [1.807, 2.05) is 25.3 Å². The number of hydrogen-bond acceptors (Lipinski definition) is 5. The number of nitrogens with one attached hydrogen (secondary N) is 1. The second-order valence-electron chi connectivity index (χ2n) is 15.8. The maximum atomic E-state index is 13.2. The van der Waals surface area contributed by atoms with Crippen LogP contribution in [0.25, 0.3) is 22.3 Å². The molecule has 4 unspecified atom stereocenters. The van der Waals surface area contributed by atoms with E-state index >= 15 is 0 Å². The van der Waals surface area contributed by atoms with E-state index in [4.69, 9.17) is 9.72 Å². The van der Waals surface area contributed by atoms with E-state index in [-0.39, 0.29) is 40.8 Å². The molecule has 1 aliphatic carbocycles. The Kier molecular flexibility index (Phi) is 13.8. The van der Waals surface area contributed by atoms with Crippen LogP contribution in [-0.2, 0) is 20.7 Å². The Morgan fingerprint density at radius 1 is 1.00 bits per heavy atom. The quantitative estimate of drug-likeness (QED) is 0.156. The van der Waals surface area contributed by atoms with E-state index in [0.717, 1.165) is 72.9 Å². The van der Waals surface area contributed by atoms with E-state index in [0.29, 0.717) is 12.3 Å². The minimum absolute atomic E-state index is 0.0469. The molecule has 4 rings (SSSR count). The summed E-state index contributed by atoms with van der Waals surface area (Å²) >= 11 is 0. The van der Waals surface area contributed by atoms with Crippen molar-refractivity contribution in [1.29, 1.82) is 0 Å². The zero-order valence-corrected chi connectivity index (χ0v) is 32.9. The van der Waals surface area contributed by atoms with Gasteiger partial charge in [0.2, 0.25) is 5.91 Å². The van der Waals surface area contributed by atoms with Gasteiger partial charge in [-0.05, 0) is 133 Å². The molecule has 0 bridgehead atoms.